The Morgan fingerprint density at radius 3 is 2.75 bits per heavy atom. The predicted octanol–water partition coefficient (Wildman–Crippen LogP) is 0.825. The van der Waals surface area contributed by atoms with Crippen LogP contribution in [0.4, 0.5) is 10.3 Å². The molecule has 7 nitrogen and oxygen atoms in total. The van der Waals surface area contributed by atoms with Crippen molar-refractivity contribution in [3.63, 3.8) is 0 Å². The number of ether oxygens (including phenoxy) is 1. The van der Waals surface area contributed by atoms with Crippen LogP contribution in [0.15, 0.2) is 12.4 Å². The second-order valence-corrected chi connectivity index (χ2v) is 8.95. The minimum absolute atomic E-state index is 0.0848. The van der Waals surface area contributed by atoms with Gasteiger partial charge >= 0.3 is 0 Å². The molecule has 0 radical (unpaired) electrons. The Morgan fingerprint density at radius 2 is 2.04 bits per heavy atom. The summed E-state index contributed by atoms with van der Waals surface area (Å²) in [4.78, 5) is 10.0. The van der Waals surface area contributed by atoms with Crippen LogP contribution in [0.3, 0.4) is 0 Å². The van der Waals surface area contributed by atoms with Gasteiger partial charge in [0.2, 0.25) is 16.0 Å². The van der Waals surface area contributed by atoms with Gasteiger partial charge in [-0.05, 0) is 32.1 Å². The van der Waals surface area contributed by atoms with Gasteiger partial charge in [0.1, 0.15) is 0 Å². The first kappa shape index (κ1) is 16.2. The van der Waals surface area contributed by atoms with Crippen molar-refractivity contribution in [1.82, 2.24) is 14.7 Å². The van der Waals surface area contributed by atoms with E-state index in [1.54, 1.807) is 0 Å². The largest absolute Gasteiger partial charge is 0.373 e. The third-order valence-corrected chi connectivity index (χ3v) is 7.00. The molecular formula is C15H21FN4O3S. The van der Waals surface area contributed by atoms with Gasteiger partial charge in [-0.15, -0.1) is 0 Å². The molecule has 0 aromatic carbocycles. The average molecular weight is 356 g/mol. The minimum atomic E-state index is -3.19. The molecule has 0 amide bonds. The molecule has 0 bridgehead atoms. The van der Waals surface area contributed by atoms with E-state index in [4.69, 9.17) is 4.74 Å². The van der Waals surface area contributed by atoms with Crippen molar-refractivity contribution in [2.45, 2.75) is 49.0 Å². The fourth-order valence-corrected chi connectivity index (χ4v) is 5.22. The standard InChI is InChI=1S/C15H21FN4O3S/c16-11-8-17-14(18-9-11)20-5-4-15(10-20)7-12(3-6-23-15)19-24(21,22)13-1-2-13/h8-9,12-13,19H,1-7,10H2/t12-,15+/m0/s1. The number of rotatable bonds is 4. The van der Waals surface area contributed by atoms with Crippen molar-refractivity contribution in [2.75, 3.05) is 24.6 Å². The fraction of sp³-hybridized carbons (Fsp3) is 0.733. The van der Waals surface area contributed by atoms with Crippen LogP contribution in [0.25, 0.3) is 0 Å². The van der Waals surface area contributed by atoms with Crippen molar-refractivity contribution in [1.29, 1.82) is 0 Å². The second-order valence-electron chi connectivity index (χ2n) is 6.96. The minimum Gasteiger partial charge on any atom is -0.373 e. The van der Waals surface area contributed by atoms with Crippen molar-refractivity contribution < 1.29 is 17.5 Å². The van der Waals surface area contributed by atoms with Gasteiger partial charge in [-0.1, -0.05) is 0 Å². The number of nitrogens with zero attached hydrogens (tertiary/aromatic N) is 3. The molecule has 1 aliphatic carbocycles. The first-order valence-electron chi connectivity index (χ1n) is 8.33. The number of halogens is 1. The summed E-state index contributed by atoms with van der Waals surface area (Å²) in [7, 11) is -3.19. The van der Waals surface area contributed by atoms with Crippen LogP contribution in [0.2, 0.25) is 0 Å². The van der Waals surface area contributed by atoms with E-state index in [9.17, 15) is 12.8 Å². The molecule has 1 aromatic heterocycles. The molecule has 2 saturated heterocycles. The normalized spacial score (nSPS) is 30.9. The van der Waals surface area contributed by atoms with E-state index in [0.29, 0.717) is 38.5 Å². The third-order valence-electron chi connectivity index (χ3n) is 4.99. The molecule has 9 heteroatoms. The maximum atomic E-state index is 13.0. The molecule has 1 spiro atoms. The van der Waals surface area contributed by atoms with E-state index >= 15 is 0 Å². The van der Waals surface area contributed by atoms with Crippen LogP contribution in [-0.2, 0) is 14.8 Å². The molecule has 4 rings (SSSR count). The lowest BCUT2D eigenvalue weighted by atomic mass is 9.90. The molecule has 0 unspecified atom stereocenters. The van der Waals surface area contributed by atoms with Crippen molar-refractivity contribution in [2.24, 2.45) is 0 Å². The van der Waals surface area contributed by atoms with Crippen LogP contribution in [-0.4, -0.2) is 55.0 Å². The number of nitrogens with one attached hydrogen (secondary N) is 1. The lowest BCUT2D eigenvalue weighted by Gasteiger charge is -2.38. The Morgan fingerprint density at radius 1 is 1.29 bits per heavy atom. The Bertz CT molecular complexity index is 710. The monoisotopic (exact) mass is 356 g/mol. The zero-order valence-corrected chi connectivity index (χ0v) is 14.1. The number of anilines is 1. The lowest BCUT2D eigenvalue weighted by molar-refractivity contribution is -0.0706. The molecule has 132 valence electrons. The first-order chi connectivity index (χ1) is 11.5. The SMILES string of the molecule is O=S(=O)(N[C@H]1CCO[C@]2(CCN(c3ncc(F)cn3)C2)C1)C1CC1. The van der Waals surface area contributed by atoms with Crippen LogP contribution < -0.4 is 9.62 Å². The maximum Gasteiger partial charge on any atom is 0.225 e. The van der Waals surface area contributed by atoms with E-state index < -0.39 is 15.8 Å². The number of hydrogen-bond acceptors (Lipinski definition) is 6. The smallest absolute Gasteiger partial charge is 0.225 e. The molecule has 2 atom stereocenters. The summed E-state index contributed by atoms with van der Waals surface area (Å²) in [6.45, 7) is 1.85. The highest BCUT2D eigenvalue weighted by Gasteiger charge is 2.46. The zero-order valence-electron chi connectivity index (χ0n) is 13.3. The summed E-state index contributed by atoms with van der Waals surface area (Å²) >= 11 is 0. The molecule has 1 saturated carbocycles. The maximum absolute atomic E-state index is 13.0. The summed E-state index contributed by atoms with van der Waals surface area (Å²) < 4.78 is 46.2. The molecule has 3 aliphatic rings. The highest BCUT2D eigenvalue weighted by Crippen LogP contribution is 2.36. The summed E-state index contributed by atoms with van der Waals surface area (Å²) in [5, 5.41) is -0.205. The van der Waals surface area contributed by atoms with Gasteiger partial charge in [-0.25, -0.2) is 27.5 Å². The fourth-order valence-electron chi connectivity index (χ4n) is 3.60. The van der Waals surface area contributed by atoms with Gasteiger partial charge in [-0.3, -0.25) is 0 Å². The molecule has 2 aliphatic heterocycles. The Hall–Kier alpha value is -1.32. The van der Waals surface area contributed by atoms with E-state index in [-0.39, 0.29) is 16.9 Å². The number of hydrogen-bond donors (Lipinski definition) is 1. The van der Waals surface area contributed by atoms with E-state index in [0.717, 1.165) is 31.7 Å². The Kier molecular flexibility index (Phi) is 3.97. The average Bonchev–Trinajstić information content (AvgIpc) is 3.33. The Balaban J connectivity index is 1.42. The van der Waals surface area contributed by atoms with E-state index in [2.05, 4.69) is 14.7 Å². The van der Waals surface area contributed by atoms with E-state index in [1.165, 1.54) is 0 Å². The quantitative estimate of drug-likeness (QED) is 0.860. The first-order valence-corrected chi connectivity index (χ1v) is 9.88. The summed E-state index contributed by atoms with van der Waals surface area (Å²) in [5.74, 6) is 0.0219. The van der Waals surface area contributed by atoms with Gasteiger partial charge in [0.15, 0.2) is 5.82 Å². The lowest BCUT2D eigenvalue weighted by Crippen LogP contribution is -2.50. The molecule has 1 aromatic rings. The predicted molar refractivity (Wildman–Crippen MR) is 85.6 cm³/mol. The molecule has 24 heavy (non-hydrogen) atoms. The summed E-state index contributed by atoms with van der Waals surface area (Å²) in [6.07, 6.45) is 5.97. The number of sulfonamides is 1. The second kappa shape index (κ2) is 5.89. The highest BCUT2D eigenvalue weighted by atomic mass is 32.2. The van der Waals surface area contributed by atoms with Crippen LogP contribution in [0.5, 0.6) is 0 Å². The van der Waals surface area contributed by atoms with Crippen LogP contribution in [0.1, 0.15) is 32.1 Å². The van der Waals surface area contributed by atoms with Gasteiger partial charge in [0.05, 0.1) is 23.2 Å². The van der Waals surface area contributed by atoms with Crippen LogP contribution >= 0.6 is 0 Å². The van der Waals surface area contributed by atoms with Crippen molar-refractivity contribution in [3.8, 4) is 0 Å². The summed E-state index contributed by atoms with van der Waals surface area (Å²) in [6, 6.07) is -0.0848. The molecular weight excluding hydrogens is 335 g/mol. The van der Waals surface area contributed by atoms with Gasteiger partial charge in [0, 0.05) is 25.7 Å². The highest BCUT2D eigenvalue weighted by molar-refractivity contribution is 7.90. The third kappa shape index (κ3) is 3.25. The topological polar surface area (TPSA) is 84.4 Å². The summed E-state index contributed by atoms with van der Waals surface area (Å²) in [5.41, 5.74) is -0.382. The molecule has 3 fully saturated rings. The van der Waals surface area contributed by atoms with Crippen molar-refractivity contribution >= 4 is 16.0 Å². The van der Waals surface area contributed by atoms with Gasteiger partial charge in [-0.2, -0.15) is 0 Å². The number of aromatic nitrogens is 2. The van der Waals surface area contributed by atoms with Gasteiger partial charge < -0.3 is 9.64 Å². The molecule has 3 heterocycles. The van der Waals surface area contributed by atoms with Crippen LogP contribution in [0, 0.1) is 5.82 Å². The molecule has 1 N–H and O–H groups in total. The Labute approximate surface area is 140 Å². The van der Waals surface area contributed by atoms with Crippen molar-refractivity contribution in [3.05, 3.63) is 18.2 Å². The van der Waals surface area contributed by atoms with Gasteiger partial charge in [0.25, 0.3) is 0 Å². The zero-order chi connectivity index (χ0) is 16.8. The van der Waals surface area contributed by atoms with E-state index in [1.807, 2.05) is 4.90 Å².